The fourth-order valence-electron chi connectivity index (χ4n) is 2.59. The lowest BCUT2D eigenvalue weighted by Gasteiger charge is -2.28. The quantitative estimate of drug-likeness (QED) is 0.884. The first-order valence-corrected chi connectivity index (χ1v) is 7.50. The van der Waals surface area contributed by atoms with Crippen molar-refractivity contribution in [2.75, 3.05) is 18.5 Å². The Morgan fingerprint density at radius 1 is 1.26 bits per heavy atom. The molecule has 0 saturated carbocycles. The number of nitrogens with one attached hydrogen (secondary N) is 2. The van der Waals surface area contributed by atoms with E-state index in [4.69, 9.17) is 13.8 Å². The second kappa shape index (κ2) is 6.78. The van der Waals surface area contributed by atoms with Crippen molar-refractivity contribution in [3.63, 3.8) is 0 Å². The molecule has 0 spiro atoms. The van der Waals surface area contributed by atoms with Crippen LogP contribution < -0.4 is 10.6 Å². The maximum absolute atomic E-state index is 12.2. The lowest BCUT2D eigenvalue weighted by atomic mass is 9.91. The summed E-state index contributed by atoms with van der Waals surface area (Å²) < 4.78 is 15.6. The van der Waals surface area contributed by atoms with E-state index in [1.807, 2.05) is 0 Å². The fraction of sp³-hybridized carbons (Fsp3) is 0.571. The molecule has 0 radical (unpaired) electrons. The van der Waals surface area contributed by atoms with Gasteiger partial charge in [-0.15, -0.1) is 0 Å². The third kappa shape index (κ3) is 3.86. The first-order valence-electron chi connectivity index (χ1n) is 7.50. The average Bonchev–Trinajstić information content (AvgIpc) is 3.14. The molecule has 9 heteroatoms. The highest BCUT2D eigenvalue weighted by Crippen LogP contribution is 2.29. The summed E-state index contributed by atoms with van der Waals surface area (Å²) >= 11 is 0. The summed E-state index contributed by atoms with van der Waals surface area (Å²) in [7, 11) is 0. The molecule has 1 unspecified atom stereocenters. The van der Waals surface area contributed by atoms with Crippen LogP contribution in [-0.2, 0) is 4.74 Å². The third-order valence-electron chi connectivity index (χ3n) is 3.70. The zero-order valence-electron chi connectivity index (χ0n) is 13.0. The normalized spacial score (nSPS) is 17.0. The van der Waals surface area contributed by atoms with Crippen LogP contribution in [-0.4, -0.2) is 34.5 Å². The Hall–Kier alpha value is -2.42. The van der Waals surface area contributed by atoms with E-state index in [0.717, 1.165) is 12.8 Å². The predicted molar refractivity (Wildman–Crippen MR) is 78.7 cm³/mol. The highest BCUT2D eigenvalue weighted by Gasteiger charge is 2.31. The number of carbonyl (C=O) groups is 1. The van der Waals surface area contributed by atoms with Gasteiger partial charge in [0.2, 0.25) is 5.89 Å². The highest BCUT2D eigenvalue weighted by atomic mass is 16.5. The van der Waals surface area contributed by atoms with Gasteiger partial charge >= 0.3 is 6.03 Å². The number of rotatable bonds is 4. The van der Waals surface area contributed by atoms with Crippen LogP contribution in [0, 0.1) is 19.8 Å². The van der Waals surface area contributed by atoms with E-state index < -0.39 is 6.03 Å². The molecule has 3 heterocycles. The zero-order chi connectivity index (χ0) is 16.2. The van der Waals surface area contributed by atoms with Crippen LogP contribution in [0.5, 0.6) is 0 Å². The van der Waals surface area contributed by atoms with Crippen molar-refractivity contribution in [1.82, 2.24) is 20.6 Å². The molecule has 124 valence electrons. The summed E-state index contributed by atoms with van der Waals surface area (Å²) in [6.45, 7) is 4.80. The Balaban J connectivity index is 1.71. The zero-order valence-corrected chi connectivity index (χ0v) is 13.0. The van der Waals surface area contributed by atoms with Crippen molar-refractivity contribution in [2.24, 2.45) is 5.92 Å². The molecule has 2 aromatic heterocycles. The summed E-state index contributed by atoms with van der Waals surface area (Å²) in [5, 5.41) is 13.1. The van der Waals surface area contributed by atoms with Crippen molar-refractivity contribution >= 4 is 11.8 Å². The molecule has 1 fully saturated rings. The Bertz CT molecular complexity index is 662. The lowest BCUT2D eigenvalue weighted by Crippen LogP contribution is -2.38. The highest BCUT2D eigenvalue weighted by molar-refractivity contribution is 5.88. The molecule has 9 nitrogen and oxygen atoms in total. The van der Waals surface area contributed by atoms with Crippen molar-refractivity contribution in [3.05, 3.63) is 23.5 Å². The minimum Gasteiger partial charge on any atom is -0.381 e. The molecule has 1 aliphatic heterocycles. The molecule has 0 aliphatic carbocycles. The van der Waals surface area contributed by atoms with Crippen molar-refractivity contribution in [3.8, 4) is 0 Å². The molecule has 0 bridgehead atoms. The molecule has 0 aromatic carbocycles. The number of aryl methyl sites for hydroxylation is 2. The number of ether oxygens (including phenoxy) is 1. The summed E-state index contributed by atoms with van der Waals surface area (Å²) in [6.07, 6.45) is 1.63. The molecule has 2 amide bonds. The maximum Gasteiger partial charge on any atom is 0.321 e. The second-order valence-corrected chi connectivity index (χ2v) is 5.53. The van der Waals surface area contributed by atoms with Gasteiger partial charge in [0.1, 0.15) is 11.8 Å². The van der Waals surface area contributed by atoms with Crippen molar-refractivity contribution in [2.45, 2.75) is 32.7 Å². The van der Waals surface area contributed by atoms with Crippen LogP contribution in [0.2, 0.25) is 0 Å². The Labute approximate surface area is 132 Å². The SMILES string of the molecule is Cc1noc(C(NC(=O)Nc2cc(C)on2)C2CCOCC2)n1. The van der Waals surface area contributed by atoms with Gasteiger partial charge in [-0.2, -0.15) is 4.98 Å². The Morgan fingerprint density at radius 3 is 2.65 bits per heavy atom. The van der Waals surface area contributed by atoms with E-state index >= 15 is 0 Å². The van der Waals surface area contributed by atoms with E-state index in [0.29, 0.717) is 36.5 Å². The fourth-order valence-corrected chi connectivity index (χ4v) is 2.59. The Kier molecular flexibility index (Phi) is 4.56. The summed E-state index contributed by atoms with van der Waals surface area (Å²) in [5.41, 5.74) is 0. The number of aromatic nitrogens is 3. The molecule has 1 aliphatic rings. The van der Waals surface area contributed by atoms with Gasteiger partial charge in [0, 0.05) is 19.3 Å². The largest absolute Gasteiger partial charge is 0.381 e. The van der Waals surface area contributed by atoms with Gasteiger partial charge in [0.25, 0.3) is 0 Å². The second-order valence-electron chi connectivity index (χ2n) is 5.53. The van der Waals surface area contributed by atoms with Gasteiger partial charge in [0.15, 0.2) is 11.6 Å². The minimum atomic E-state index is -0.398. The summed E-state index contributed by atoms with van der Waals surface area (Å²) in [5.74, 6) is 2.09. The summed E-state index contributed by atoms with van der Waals surface area (Å²) in [4.78, 5) is 16.5. The van der Waals surface area contributed by atoms with E-state index in [1.165, 1.54) is 0 Å². The van der Waals surface area contributed by atoms with Crippen LogP contribution in [0.4, 0.5) is 10.6 Å². The van der Waals surface area contributed by atoms with Gasteiger partial charge in [-0.25, -0.2) is 4.79 Å². The van der Waals surface area contributed by atoms with Gasteiger partial charge in [-0.3, -0.25) is 5.32 Å². The van der Waals surface area contributed by atoms with E-state index in [9.17, 15) is 4.79 Å². The van der Waals surface area contributed by atoms with Crippen LogP contribution in [0.15, 0.2) is 15.1 Å². The van der Waals surface area contributed by atoms with E-state index in [-0.39, 0.29) is 12.0 Å². The Morgan fingerprint density at radius 2 is 2.04 bits per heavy atom. The molecular weight excluding hydrogens is 302 g/mol. The number of hydrogen-bond acceptors (Lipinski definition) is 7. The number of urea groups is 1. The van der Waals surface area contributed by atoms with Gasteiger partial charge < -0.3 is 19.1 Å². The lowest BCUT2D eigenvalue weighted by molar-refractivity contribution is 0.0506. The topological polar surface area (TPSA) is 115 Å². The van der Waals surface area contributed by atoms with Gasteiger partial charge in [-0.05, 0) is 32.6 Å². The van der Waals surface area contributed by atoms with E-state index in [2.05, 4.69) is 25.9 Å². The molecule has 1 atom stereocenters. The number of nitrogens with zero attached hydrogens (tertiary/aromatic N) is 3. The number of anilines is 1. The van der Waals surface area contributed by atoms with Crippen molar-refractivity contribution in [1.29, 1.82) is 0 Å². The molecule has 1 saturated heterocycles. The predicted octanol–water partition coefficient (Wildman–Crippen LogP) is 1.96. The third-order valence-corrected chi connectivity index (χ3v) is 3.70. The number of hydrogen-bond donors (Lipinski definition) is 2. The van der Waals surface area contributed by atoms with Crippen LogP contribution >= 0.6 is 0 Å². The molecule has 23 heavy (non-hydrogen) atoms. The van der Waals surface area contributed by atoms with Gasteiger partial charge in [0.05, 0.1) is 0 Å². The van der Waals surface area contributed by atoms with Crippen LogP contribution in [0.25, 0.3) is 0 Å². The maximum atomic E-state index is 12.2. The standard InChI is InChI=1S/C14H19N5O4/c1-8-7-11(19-22-8)16-14(20)17-12(10-3-5-21-6-4-10)13-15-9(2)18-23-13/h7,10,12H,3-6H2,1-2H3,(H2,16,17,19,20). The van der Waals surface area contributed by atoms with Gasteiger partial charge in [-0.1, -0.05) is 10.3 Å². The first-order chi connectivity index (χ1) is 11.1. The smallest absolute Gasteiger partial charge is 0.321 e. The molecule has 2 N–H and O–H groups in total. The molecule has 2 aromatic rings. The number of carbonyl (C=O) groups excluding carboxylic acids is 1. The summed E-state index contributed by atoms with van der Waals surface area (Å²) in [6, 6.07) is 0.874. The number of amides is 2. The van der Waals surface area contributed by atoms with E-state index in [1.54, 1.807) is 19.9 Å². The van der Waals surface area contributed by atoms with Crippen molar-refractivity contribution < 1.29 is 18.6 Å². The van der Waals surface area contributed by atoms with Crippen LogP contribution in [0.3, 0.4) is 0 Å². The average molecular weight is 321 g/mol. The van der Waals surface area contributed by atoms with Crippen LogP contribution in [0.1, 0.15) is 36.4 Å². The monoisotopic (exact) mass is 321 g/mol. The first kappa shape index (κ1) is 15.5. The molecule has 3 rings (SSSR count). The molecular formula is C14H19N5O4. The minimum absolute atomic E-state index is 0.174.